The summed E-state index contributed by atoms with van der Waals surface area (Å²) in [5.41, 5.74) is 5.35. The summed E-state index contributed by atoms with van der Waals surface area (Å²) < 4.78 is 28.3. The number of anilines is 1. The second-order valence-electron chi connectivity index (χ2n) is 4.90. The summed E-state index contributed by atoms with van der Waals surface area (Å²) in [5, 5.41) is 7.26. The van der Waals surface area contributed by atoms with Gasteiger partial charge in [0.1, 0.15) is 23.2 Å². The van der Waals surface area contributed by atoms with Crippen molar-refractivity contribution in [3.8, 4) is 0 Å². The molecule has 0 saturated heterocycles. The van der Waals surface area contributed by atoms with Crippen LogP contribution >= 0.6 is 0 Å². The van der Waals surface area contributed by atoms with Gasteiger partial charge >= 0.3 is 0 Å². The first-order chi connectivity index (χ1) is 9.51. The molecule has 0 bridgehead atoms. The summed E-state index contributed by atoms with van der Waals surface area (Å²) in [5.74, 6) is -1.63. The van der Waals surface area contributed by atoms with E-state index in [-0.39, 0.29) is 17.1 Å². The molecule has 5 heteroatoms. The number of nitrogens with two attached hydrogens (primary N) is 1. The van der Waals surface area contributed by atoms with Gasteiger partial charge in [0.05, 0.1) is 0 Å². The van der Waals surface area contributed by atoms with Gasteiger partial charge in [-0.3, -0.25) is 5.41 Å². The van der Waals surface area contributed by atoms with Crippen molar-refractivity contribution in [2.75, 3.05) is 18.0 Å². The molecule has 0 aliphatic carbocycles. The van der Waals surface area contributed by atoms with E-state index in [1.807, 2.05) is 13.8 Å². The van der Waals surface area contributed by atoms with E-state index in [2.05, 4.69) is 0 Å². The third-order valence-electron chi connectivity index (χ3n) is 3.21. The Kier molecular flexibility index (Phi) is 6.42. The van der Waals surface area contributed by atoms with Crippen molar-refractivity contribution in [1.82, 2.24) is 0 Å². The number of unbranched alkanes of at least 4 members (excludes halogenated alkanes) is 2. The van der Waals surface area contributed by atoms with Gasteiger partial charge in [-0.25, -0.2) is 8.78 Å². The largest absolute Gasteiger partial charge is 0.384 e. The van der Waals surface area contributed by atoms with Crippen molar-refractivity contribution < 1.29 is 8.78 Å². The van der Waals surface area contributed by atoms with E-state index in [0.717, 1.165) is 37.8 Å². The number of halogens is 2. The van der Waals surface area contributed by atoms with Crippen molar-refractivity contribution in [2.45, 2.75) is 39.5 Å². The third kappa shape index (κ3) is 4.18. The maximum atomic E-state index is 14.1. The smallest absolute Gasteiger partial charge is 0.150 e. The quantitative estimate of drug-likeness (QED) is 0.565. The summed E-state index contributed by atoms with van der Waals surface area (Å²) in [6, 6.07) is 2.26. The summed E-state index contributed by atoms with van der Waals surface area (Å²) in [7, 11) is 0. The fourth-order valence-electron chi connectivity index (χ4n) is 2.06. The summed E-state index contributed by atoms with van der Waals surface area (Å²) in [6.45, 7) is 5.35. The molecule has 112 valence electrons. The summed E-state index contributed by atoms with van der Waals surface area (Å²) >= 11 is 0. The molecule has 20 heavy (non-hydrogen) atoms. The van der Waals surface area contributed by atoms with Gasteiger partial charge in [0.25, 0.3) is 0 Å². The lowest BCUT2D eigenvalue weighted by Crippen LogP contribution is -2.28. The average Bonchev–Trinajstić information content (AvgIpc) is 2.40. The fraction of sp³-hybridized carbons (Fsp3) is 0.533. The van der Waals surface area contributed by atoms with Gasteiger partial charge in [-0.15, -0.1) is 0 Å². The Morgan fingerprint density at radius 2 is 1.55 bits per heavy atom. The molecule has 0 aliphatic heterocycles. The van der Waals surface area contributed by atoms with Crippen molar-refractivity contribution in [3.63, 3.8) is 0 Å². The second-order valence-corrected chi connectivity index (χ2v) is 4.90. The lowest BCUT2D eigenvalue weighted by molar-refractivity contribution is 0.561. The highest BCUT2D eigenvalue weighted by atomic mass is 19.1. The molecule has 0 heterocycles. The van der Waals surface area contributed by atoms with E-state index < -0.39 is 11.6 Å². The van der Waals surface area contributed by atoms with Gasteiger partial charge in [-0.05, 0) is 25.0 Å². The lowest BCUT2D eigenvalue weighted by Gasteiger charge is -2.26. The van der Waals surface area contributed by atoms with Crippen LogP contribution in [0.15, 0.2) is 12.1 Å². The zero-order chi connectivity index (χ0) is 15.1. The molecular weight excluding hydrogens is 260 g/mol. The Hall–Kier alpha value is -1.65. The minimum atomic E-state index is -0.651. The van der Waals surface area contributed by atoms with E-state index in [4.69, 9.17) is 11.1 Å². The molecule has 3 nitrogen and oxygen atoms in total. The van der Waals surface area contributed by atoms with Crippen molar-refractivity contribution in [2.24, 2.45) is 5.73 Å². The zero-order valence-corrected chi connectivity index (χ0v) is 12.2. The van der Waals surface area contributed by atoms with E-state index in [9.17, 15) is 8.78 Å². The number of amidine groups is 1. The van der Waals surface area contributed by atoms with E-state index in [1.165, 1.54) is 0 Å². The normalized spacial score (nSPS) is 10.6. The molecule has 0 aromatic heterocycles. The Morgan fingerprint density at radius 3 is 1.90 bits per heavy atom. The first kappa shape index (κ1) is 16.4. The maximum Gasteiger partial charge on any atom is 0.150 e. The van der Waals surface area contributed by atoms with Gasteiger partial charge in [0.2, 0.25) is 0 Å². The number of hydrogen-bond acceptors (Lipinski definition) is 2. The van der Waals surface area contributed by atoms with Crippen LogP contribution < -0.4 is 10.6 Å². The molecule has 1 aromatic rings. The molecule has 0 radical (unpaired) electrons. The highest BCUT2D eigenvalue weighted by Gasteiger charge is 2.18. The van der Waals surface area contributed by atoms with Crippen LogP contribution in [0.2, 0.25) is 0 Å². The highest BCUT2D eigenvalue weighted by Crippen LogP contribution is 2.26. The zero-order valence-electron chi connectivity index (χ0n) is 12.2. The van der Waals surface area contributed by atoms with Crippen LogP contribution in [0.3, 0.4) is 0 Å². The predicted octanol–water partition coefficient (Wildman–Crippen LogP) is 3.66. The van der Waals surface area contributed by atoms with E-state index in [0.29, 0.717) is 13.1 Å². The number of nitrogens with one attached hydrogen (secondary N) is 1. The molecule has 0 unspecified atom stereocenters. The number of nitrogen functional groups attached to an aromatic ring is 1. The predicted molar refractivity (Wildman–Crippen MR) is 79.4 cm³/mol. The summed E-state index contributed by atoms with van der Waals surface area (Å²) in [6.07, 6.45) is 3.71. The minimum Gasteiger partial charge on any atom is -0.384 e. The topological polar surface area (TPSA) is 53.1 Å². The van der Waals surface area contributed by atoms with E-state index in [1.54, 1.807) is 4.90 Å². The van der Waals surface area contributed by atoms with Crippen molar-refractivity contribution in [3.05, 3.63) is 29.3 Å². The first-order valence-corrected chi connectivity index (χ1v) is 7.09. The highest BCUT2D eigenvalue weighted by molar-refractivity contribution is 5.95. The number of hydrogen-bond donors (Lipinski definition) is 2. The van der Waals surface area contributed by atoms with Crippen LogP contribution in [0.1, 0.15) is 45.1 Å². The monoisotopic (exact) mass is 283 g/mol. The Bertz CT molecular complexity index is 429. The molecule has 3 N–H and O–H groups in total. The van der Waals surface area contributed by atoms with Crippen LogP contribution in [0.4, 0.5) is 14.5 Å². The molecule has 0 amide bonds. The Labute approximate surface area is 119 Å². The SMILES string of the molecule is CCCCN(CCCC)c1c(F)cc(C(=N)N)cc1F. The van der Waals surface area contributed by atoms with Gasteiger partial charge in [0.15, 0.2) is 0 Å². The average molecular weight is 283 g/mol. The molecule has 0 spiro atoms. The summed E-state index contributed by atoms with van der Waals surface area (Å²) in [4.78, 5) is 1.75. The van der Waals surface area contributed by atoms with Gasteiger partial charge in [0, 0.05) is 18.7 Å². The van der Waals surface area contributed by atoms with Crippen molar-refractivity contribution in [1.29, 1.82) is 5.41 Å². The minimum absolute atomic E-state index is 0.00287. The first-order valence-electron chi connectivity index (χ1n) is 7.09. The number of nitrogens with zero attached hydrogens (tertiary/aromatic N) is 1. The van der Waals surface area contributed by atoms with Gasteiger partial charge < -0.3 is 10.6 Å². The molecule has 1 aromatic carbocycles. The van der Waals surface area contributed by atoms with Gasteiger partial charge in [-0.2, -0.15) is 0 Å². The third-order valence-corrected chi connectivity index (χ3v) is 3.21. The van der Waals surface area contributed by atoms with Crippen molar-refractivity contribution >= 4 is 11.5 Å². The number of rotatable bonds is 8. The Balaban J connectivity index is 3.08. The molecule has 1 rings (SSSR count). The maximum absolute atomic E-state index is 14.1. The molecule has 0 aliphatic rings. The van der Waals surface area contributed by atoms with Crippen LogP contribution in [0, 0.1) is 17.0 Å². The molecule has 0 fully saturated rings. The Morgan fingerprint density at radius 1 is 1.10 bits per heavy atom. The van der Waals surface area contributed by atoms with Crippen LogP contribution in [-0.2, 0) is 0 Å². The molecular formula is C15H23F2N3. The van der Waals surface area contributed by atoms with Crippen LogP contribution in [0.5, 0.6) is 0 Å². The fourth-order valence-corrected chi connectivity index (χ4v) is 2.06. The molecule has 0 saturated carbocycles. The number of benzene rings is 1. The standard InChI is InChI=1S/C15H23F2N3/c1-3-5-7-20(8-6-4-2)14-12(16)9-11(15(18)19)10-13(14)17/h9-10H,3-8H2,1-2H3,(H3,18,19). The van der Waals surface area contributed by atoms with E-state index >= 15 is 0 Å². The van der Waals surface area contributed by atoms with Gasteiger partial charge in [-0.1, -0.05) is 26.7 Å². The lowest BCUT2D eigenvalue weighted by atomic mass is 10.1. The van der Waals surface area contributed by atoms with Crippen LogP contribution in [0.25, 0.3) is 0 Å². The molecule has 0 atom stereocenters. The van der Waals surface area contributed by atoms with Crippen LogP contribution in [-0.4, -0.2) is 18.9 Å². The second kappa shape index (κ2) is 7.82.